The number of hydrogen-bond acceptors (Lipinski definition) is 3. The van der Waals surface area contributed by atoms with Crippen molar-refractivity contribution in [1.82, 2.24) is 0 Å². The number of aryl methyl sites for hydroxylation is 1. The Labute approximate surface area is 197 Å². The predicted octanol–water partition coefficient (Wildman–Crippen LogP) is 7.26. The van der Waals surface area contributed by atoms with Crippen LogP contribution in [0.3, 0.4) is 0 Å². The van der Waals surface area contributed by atoms with Crippen molar-refractivity contribution < 1.29 is 14.4 Å². The van der Waals surface area contributed by atoms with E-state index < -0.39 is 0 Å². The van der Waals surface area contributed by atoms with Crippen molar-refractivity contribution >= 4 is 23.4 Å². The molecule has 1 aliphatic carbocycles. The van der Waals surface area contributed by atoms with Crippen LogP contribution < -0.4 is 0 Å². The van der Waals surface area contributed by atoms with Gasteiger partial charge < -0.3 is 0 Å². The van der Waals surface area contributed by atoms with Crippen LogP contribution in [0.4, 0.5) is 0 Å². The van der Waals surface area contributed by atoms with Crippen molar-refractivity contribution in [3.63, 3.8) is 0 Å². The summed E-state index contributed by atoms with van der Waals surface area (Å²) in [6.07, 6.45) is 2.13. The lowest BCUT2D eigenvalue weighted by Gasteiger charge is -2.24. The van der Waals surface area contributed by atoms with E-state index in [2.05, 4.69) is 6.58 Å². The molecule has 0 atom stereocenters. The van der Waals surface area contributed by atoms with Crippen LogP contribution >= 0.6 is 0 Å². The minimum absolute atomic E-state index is 0.115. The zero-order chi connectivity index (χ0) is 24.7. The van der Waals surface area contributed by atoms with Gasteiger partial charge in [0.15, 0.2) is 17.3 Å². The third-order valence-electron chi connectivity index (χ3n) is 5.51. The molecule has 33 heavy (non-hydrogen) atoms. The SMILES string of the molecule is C=Cc1ccccc1Cc1c(C(C)=O)c(C)cc2c1C(=O)c1ccccc1C2=O.CC.CC. The molecule has 3 heteroatoms. The summed E-state index contributed by atoms with van der Waals surface area (Å²) in [6.45, 7) is 15.2. The number of benzene rings is 3. The molecule has 0 aromatic heterocycles. The van der Waals surface area contributed by atoms with Crippen LogP contribution in [0.5, 0.6) is 0 Å². The molecule has 0 bridgehead atoms. The Balaban J connectivity index is 0.000000914. The molecule has 0 radical (unpaired) electrons. The molecule has 4 rings (SSSR count). The van der Waals surface area contributed by atoms with Crippen LogP contribution in [0.15, 0.2) is 61.2 Å². The molecule has 0 fully saturated rings. The molecule has 0 heterocycles. The van der Waals surface area contributed by atoms with Gasteiger partial charge in [0.25, 0.3) is 0 Å². The Morgan fingerprint density at radius 2 is 1.39 bits per heavy atom. The van der Waals surface area contributed by atoms with E-state index in [1.807, 2.05) is 58.9 Å². The number of Topliss-reactive ketones (excluding diaryl/α,β-unsaturated/α-hetero) is 1. The highest BCUT2D eigenvalue weighted by atomic mass is 16.1. The first-order chi connectivity index (χ1) is 15.9. The fourth-order valence-electron chi connectivity index (χ4n) is 4.24. The summed E-state index contributed by atoms with van der Waals surface area (Å²) in [5.41, 5.74) is 5.27. The predicted molar refractivity (Wildman–Crippen MR) is 137 cm³/mol. The summed E-state index contributed by atoms with van der Waals surface area (Å²) in [4.78, 5) is 39.1. The molecular weight excluding hydrogens is 408 g/mol. The summed E-state index contributed by atoms with van der Waals surface area (Å²) < 4.78 is 0. The van der Waals surface area contributed by atoms with Gasteiger partial charge in [-0.05, 0) is 48.6 Å². The number of carbonyl (C=O) groups excluding carboxylic acids is 3. The van der Waals surface area contributed by atoms with Gasteiger partial charge in [-0.25, -0.2) is 0 Å². The Kier molecular flexibility index (Phi) is 8.81. The Morgan fingerprint density at radius 3 is 1.97 bits per heavy atom. The highest BCUT2D eigenvalue weighted by Crippen LogP contribution is 2.34. The number of carbonyl (C=O) groups is 3. The fourth-order valence-corrected chi connectivity index (χ4v) is 4.24. The van der Waals surface area contributed by atoms with E-state index in [0.29, 0.717) is 45.4 Å². The van der Waals surface area contributed by atoms with E-state index >= 15 is 0 Å². The molecule has 0 saturated carbocycles. The van der Waals surface area contributed by atoms with Gasteiger partial charge in [-0.2, -0.15) is 0 Å². The Morgan fingerprint density at radius 1 is 0.848 bits per heavy atom. The Hall–Kier alpha value is -3.59. The smallest absolute Gasteiger partial charge is 0.194 e. The van der Waals surface area contributed by atoms with Crippen LogP contribution in [-0.2, 0) is 6.42 Å². The van der Waals surface area contributed by atoms with Gasteiger partial charge in [-0.1, -0.05) is 88.9 Å². The zero-order valence-corrected chi connectivity index (χ0v) is 20.4. The number of ketones is 3. The molecule has 0 aliphatic heterocycles. The van der Waals surface area contributed by atoms with Gasteiger partial charge >= 0.3 is 0 Å². The van der Waals surface area contributed by atoms with Crippen molar-refractivity contribution in [2.24, 2.45) is 0 Å². The number of hydrogen-bond donors (Lipinski definition) is 0. The van der Waals surface area contributed by atoms with Gasteiger partial charge in [-0.15, -0.1) is 0 Å². The summed E-state index contributed by atoms with van der Waals surface area (Å²) in [5.74, 6) is -0.495. The molecule has 0 N–H and O–H groups in total. The summed E-state index contributed by atoms with van der Waals surface area (Å²) in [7, 11) is 0. The normalized spacial score (nSPS) is 11.2. The van der Waals surface area contributed by atoms with Gasteiger partial charge in [0, 0.05) is 27.8 Å². The van der Waals surface area contributed by atoms with Crippen molar-refractivity contribution in [3.05, 3.63) is 111 Å². The first-order valence-electron chi connectivity index (χ1n) is 11.5. The second-order valence-electron chi connectivity index (χ2n) is 7.31. The molecule has 0 amide bonds. The fraction of sp³-hybridized carbons (Fsp3) is 0.233. The van der Waals surface area contributed by atoms with Gasteiger partial charge in [0.2, 0.25) is 0 Å². The van der Waals surface area contributed by atoms with Gasteiger partial charge in [-0.3, -0.25) is 14.4 Å². The van der Waals surface area contributed by atoms with Crippen LogP contribution in [0.25, 0.3) is 6.08 Å². The minimum Gasteiger partial charge on any atom is -0.294 e. The van der Waals surface area contributed by atoms with Crippen LogP contribution in [0, 0.1) is 6.92 Å². The van der Waals surface area contributed by atoms with Crippen LogP contribution in [0.1, 0.15) is 99.1 Å². The lowest BCUT2D eigenvalue weighted by Crippen LogP contribution is -2.25. The average molecular weight is 441 g/mol. The summed E-state index contributed by atoms with van der Waals surface area (Å²) in [6, 6.07) is 16.3. The zero-order valence-electron chi connectivity index (χ0n) is 20.4. The quantitative estimate of drug-likeness (QED) is 0.314. The van der Waals surface area contributed by atoms with Crippen molar-refractivity contribution in [2.75, 3.05) is 0 Å². The van der Waals surface area contributed by atoms with E-state index in [-0.39, 0.29) is 17.3 Å². The van der Waals surface area contributed by atoms with Crippen molar-refractivity contribution in [1.29, 1.82) is 0 Å². The highest BCUT2D eigenvalue weighted by molar-refractivity contribution is 6.29. The lowest BCUT2D eigenvalue weighted by molar-refractivity contribution is 0.0976. The largest absolute Gasteiger partial charge is 0.294 e. The maximum atomic E-state index is 13.4. The third-order valence-corrected chi connectivity index (χ3v) is 5.51. The molecule has 170 valence electrons. The first kappa shape index (κ1) is 25.7. The monoisotopic (exact) mass is 440 g/mol. The molecule has 1 aliphatic rings. The summed E-state index contributed by atoms with van der Waals surface area (Å²) in [5, 5.41) is 0. The molecule has 0 spiro atoms. The molecule has 3 nitrogen and oxygen atoms in total. The molecule has 0 unspecified atom stereocenters. The topological polar surface area (TPSA) is 51.2 Å². The molecule has 0 saturated heterocycles. The first-order valence-corrected chi connectivity index (χ1v) is 11.5. The summed E-state index contributed by atoms with van der Waals surface area (Å²) >= 11 is 0. The maximum Gasteiger partial charge on any atom is 0.194 e. The standard InChI is InChI=1S/C26H20O3.2C2H6/c1-4-17-9-5-6-10-18(17)14-21-23(16(3)27)15(2)13-22-24(21)26(29)20-12-8-7-11-19(20)25(22)28;2*1-2/h4-13H,1,14H2,2-3H3;2*1-2H3. The maximum absolute atomic E-state index is 13.4. The Bertz CT molecular complexity index is 1220. The molecular formula is C30H32O3. The van der Waals surface area contributed by atoms with E-state index in [0.717, 1.165) is 11.1 Å². The average Bonchev–Trinajstić information content (AvgIpc) is 2.85. The van der Waals surface area contributed by atoms with Crippen molar-refractivity contribution in [2.45, 2.75) is 48.0 Å². The van der Waals surface area contributed by atoms with E-state index in [4.69, 9.17) is 0 Å². The number of fused-ring (bicyclic) bond motifs is 2. The molecule has 3 aromatic rings. The van der Waals surface area contributed by atoms with E-state index in [9.17, 15) is 14.4 Å². The van der Waals surface area contributed by atoms with E-state index in [1.54, 1.807) is 36.4 Å². The van der Waals surface area contributed by atoms with Crippen molar-refractivity contribution in [3.8, 4) is 0 Å². The van der Waals surface area contributed by atoms with Crippen LogP contribution in [0.2, 0.25) is 0 Å². The van der Waals surface area contributed by atoms with Gasteiger partial charge in [0.05, 0.1) is 0 Å². The second kappa shape index (κ2) is 11.3. The van der Waals surface area contributed by atoms with Crippen LogP contribution in [-0.4, -0.2) is 17.3 Å². The minimum atomic E-state index is -0.205. The lowest BCUT2D eigenvalue weighted by atomic mass is 9.77. The van der Waals surface area contributed by atoms with E-state index in [1.165, 1.54) is 6.92 Å². The number of rotatable bonds is 4. The highest BCUT2D eigenvalue weighted by Gasteiger charge is 2.34. The van der Waals surface area contributed by atoms with Gasteiger partial charge in [0.1, 0.15) is 0 Å². The third kappa shape index (κ3) is 4.78. The second-order valence-corrected chi connectivity index (χ2v) is 7.31. The molecule has 3 aromatic carbocycles.